The maximum absolute atomic E-state index is 12.3. The van der Waals surface area contributed by atoms with Crippen molar-refractivity contribution in [2.75, 3.05) is 11.4 Å². The highest BCUT2D eigenvalue weighted by Crippen LogP contribution is 2.32. The van der Waals surface area contributed by atoms with Gasteiger partial charge in [0.15, 0.2) is 0 Å². The fourth-order valence-electron chi connectivity index (χ4n) is 2.87. The van der Waals surface area contributed by atoms with Gasteiger partial charge in [-0.05, 0) is 25.5 Å². The van der Waals surface area contributed by atoms with Crippen molar-refractivity contribution in [3.8, 4) is 16.6 Å². The Hall–Kier alpha value is -2.72. The SMILES string of the molecule is Cc1csc(-c2cc3c(N4CCC(C#N)C4=O)ccnn3c2)n1. The molecule has 7 heteroatoms. The highest BCUT2D eigenvalue weighted by atomic mass is 32.1. The first-order chi connectivity index (χ1) is 11.2. The predicted octanol–water partition coefficient (Wildman–Crippen LogP) is 2.64. The summed E-state index contributed by atoms with van der Waals surface area (Å²) in [6.07, 6.45) is 4.16. The number of carbonyl (C=O) groups excluding carboxylic acids is 1. The number of nitrogens with zero attached hydrogens (tertiary/aromatic N) is 5. The lowest BCUT2D eigenvalue weighted by molar-refractivity contribution is -0.118. The van der Waals surface area contributed by atoms with Crippen molar-refractivity contribution >= 4 is 28.4 Å². The van der Waals surface area contributed by atoms with Gasteiger partial charge in [0.25, 0.3) is 0 Å². The van der Waals surface area contributed by atoms with Gasteiger partial charge in [0.05, 0.1) is 17.3 Å². The fraction of sp³-hybridized carbons (Fsp3) is 0.250. The maximum Gasteiger partial charge on any atom is 0.244 e. The zero-order valence-electron chi connectivity index (χ0n) is 12.4. The Morgan fingerprint density at radius 2 is 2.35 bits per heavy atom. The van der Waals surface area contributed by atoms with Crippen LogP contribution in [-0.2, 0) is 4.79 Å². The van der Waals surface area contributed by atoms with Crippen molar-refractivity contribution in [2.24, 2.45) is 5.92 Å². The van der Waals surface area contributed by atoms with Crippen LogP contribution in [0.2, 0.25) is 0 Å². The standard InChI is InChI=1S/C16H13N5OS/c1-10-9-23-15(19-10)12-6-14-13(2-4-18-21(14)8-12)20-5-3-11(7-17)16(20)22/h2,4,6,8-9,11H,3,5H2,1H3. The van der Waals surface area contributed by atoms with Gasteiger partial charge in [-0.1, -0.05) is 0 Å². The Balaban J connectivity index is 1.81. The second kappa shape index (κ2) is 5.18. The second-order valence-electron chi connectivity index (χ2n) is 5.53. The number of nitriles is 1. The Bertz CT molecular complexity index is 951. The smallest absolute Gasteiger partial charge is 0.244 e. The van der Waals surface area contributed by atoms with Gasteiger partial charge in [0.1, 0.15) is 10.9 Å². The molecule has 0 aromatic carbocycles. The molecule has 6 nitrogen and oxygen atoms in total. The van der Waals surface area contributed by atoms with E-state index in [1.165, 1.54) is 0 Å². The van der Waals surface area contributed by atoms with E-state index < -0.39 is 5.92 Å². The van der Waals surface area contributed by atoms with Crippen LogP contribution in [0.15, 0.2) is 29.9 Å². The molecular formula is C16H13N5OS. The van der Waals surface area contributed by atoms with Crippen LogP contribution in [0.1, 0.15) is 12.1 Å². The van der Waals surface area contributed by atoms with Crippen molar-refractivity contribution in [3.05, 3.63) is 35.6 Å². The van der Waals surface area contributed by atoms with Crippen LogP contribution in [0.5, 0.6) is 0 Å². The molecule has 1 aliphatic heterocycles. The van der Waals surface area contributed by atoms with E-state index in [0.717, 1.165) is 27.5 Å². The monoisotopic (exact) mass is 323 g/mol. The van der Waals surface area contributed by atoms with Gasteiger partial charge in [-0.3, -0.25) is 4.79 Å². The molecule has 3 aromatic heterocycles. The molecule has 0 saturated carbocycles. The molecule has 0 spiro atoms. The van der Waals surface area contributed by atoms with Crippen molar-refractivity contribution < 1.29 is 4.79 Å². The summed E-state index contributed by atoms with van der Waals surface area (Å²) < 4.78 is 1.76. The number of carbonyl (C=O) groups is 1. The summed E-state index contributed by atoms with van der Waals surface area (Å²) in [5.41, 5.74) is 3.61. The third kappa shape index (κ3) is 2.19. The molecule has 0 N–H and O–H groups in total. The first kappa shape index (κ1) is 13.9. The highest BCUT2D eigenvalue weighted by Gasteiger charge is 2.33. The van der Waals surface area contributed by atoms with Gasteiger partial charge in [-0.2, -0.15) is 10.4 Å². The minimum atomic E-state index is -0.542. The first-order valence-electron chi connectivity index (χ1n) is 7.28. The number of hydrogen-bond acceptors (Lipinski definition) is 5. The summed E-state index contributed by atoms with van der Waals surface area (Å²) in [6, 6.07) is 5.89. The fourth-order valence-corrected chi connectivity index (χ4v) is 3.65. The van der Waals surface area contributed by atoms with Gasteiger partial charge in [-0.25, -0.2) is 9.50 Å². The largest absolute Gasteiger partial charge is 0.309 e. The van der Waals surface area contributed by atoms with Crippen molar-refractivity contribution in [1.29, 1.82) is 5.26 Å². The Labute approximate surface area is 136 Å². The zero-order chi connectivity index (χ0) is 16.0. The first-order valence-corrected chi connectivity index (χ1v) is 8.16. The number of fused-ring (bicyclic) bond motifs is 1. The van der Waals surface area contributed by atoms with E-state index >= 15 is 0 Å². The van der Waals surface area contributed by atoms with Crippen LogP contribution >= 0.6 is 11.3 Å². The lowest BCUT2D eigenvalue weighted by Gasteiger charge is -2.16. The average Bonchev–Trinajstić information content (AvgIpc) is 3.24. The van der Waals surface area contributed by atoms with Gasteiger partial charge in [0, 0.05) is 35.6 Å². The van der Waals surface area contributed by atoms with Crippen LogP contribution in [0.3, 0.4) is 0 Å². The van der Waals surface area contributed by atoms with E-state index in [4.69, 9.17) is 5.26 Å². The third-order valence-electron chi connectivity index (χ3n) is 4.00. The van der Waals surface area contributed by atoms with E-state index in [9.17, 15) is 4.79 Å². The van der Waals surface area contributed by atoms with Gasteiger partial charge in [-0.15, -0.1) is 11.3 Å². The van der Waals surface area contributed by atoms with Crippen LogP contribution in [0, 0.1) is 24.2 Å². The number of thiazole rings is 1. The van der Waals surface area contributed by atoms with E-state index in [1.807, 2.05) is 30.6 Å². The molecular weight excluding hydrogens is 310 g/mol. The number of aromatic nitrogens is 3. The lowest BCUT2D eigenvalue weighted by Crippen LogP contribution is -2.27. The van der Waals surface area contributed by atoms with Crippen LogP contribution in [0.4, 0.5) is 5.69 Å². The van der Waals surface area contributed by atoms with Gasteiger partial charge < -0.3 is 4.90 Å². The minimum Gasteiger partial charge on any atom is -0.309 e. The molecule has 3 aromatic rings. The predicted molar refractivity (Wildman–Crippen MR) is 87.1 cm³/mol. The molecule has 23 heavy (non-hydrogen) atoms. The van der Waals surface area contributed by atoms with Gasteiger partial charge in [0.2, 0.25) is 5.91 Å². The van der Waals surface area contributed by atoms with Crippen molar-refractivity contribution in [2.45, 2.75) is 13.3 Å². The molecule has 0 bridgehead atoms. The molecule has 1 amide bonds. The Morgan fingerprint density at radius 3 is 3.04 bits per heavy atom. The third-order valence-corrected chi connectivity index (χ3v) is 5.01. The quantitative estimate of drug-likeness (QED) is 0.726. The summed E-state index contributed by atoms with van der Waals surface area (Å²) in [7, 11) is 0. The number of aryl methyl sites for hydroxylation is 1. The Morgan fingerprint density at radius 1 is 1.48 bits per heavy atom. The number of hydrogen-bond donors (Lipinski definition) is 0. The molecule has 1 aliphatic rings. The normalized spacial score (nSPS) is 17.8. The number of rotatable bonds is 2. The van der Waals surface area contributed by atoms with E-state index in [1.54, 1.807) is 26.9 Å². The maximum atomic E-state index is 12.3. The molecule has 4 rings (SSSR count). The minimum absolute atomic E-state index is 0.131. The van der Waals surface area contributed by atoms with E-state index in [-0.39, 0.29) is 5.91 Å². The van der Waals surface area contributed by atoms with Crippen molar-refractivity contribution in [3.63, 3.8) is 0 Å². The highest BCUT2D eigenvalue weighted by molar-refractivity contribution is 7.13. The molecule has 0 radical (unpaired) electrons. The summed E-state index contributed by atoms with van der Waals surface area (Å²) >= 11 is 1.58. The van der Waals surface area contributed by atoms with E-state index in [0.29, 0.717) is 13.0 Å². The molecule has 1 saturated heterocycles. The van der Waals surface area contributed by atoms with Gasteiger partial charge >= 0.3 is 0 Å². The molecule has 1 atom stereocenters. The molecule has 114 valence electrons. The van der Waals surface area contributed by atoms with Crippen LogP contribution in [-0.4, -0.2) is 27.0 Å². The lowest BCUT2D eigenvalue weighted by atomic mass is 10.1. The summed E-state index contributed by atoms with van der Waals surface area (Å²) in [5, 5.41) is 16.3. The van der Waals surface area contributed by atoms with Crippen LogP contribution < -0.4 is 4.90 Å². The second-order valence-corrected chi connectivity index (χ2v) is 6.39. The molecule has 1 unspecified atom stereocenters. The zero-order valence-corrected chi connectivity index (χ0v) is 13.2. The summed E-state index contributed by atoms with van der Waals surface area (Å²) in [5.74, 6) is -0.673. The van der Waals surface area contributed by atoms with E-state index in [2.05, 4.69) is 16.2 Å². The summed E-state index contributed by atoms with van der Waals surface area (Å²) in [4.78, 5) is 18.5. The average molecular weight is 323 g/mol. The molecule has 1 fully saturated rings. The molecule has 0 aliphatic carbocycles. The molecule has 4 heterocycles. The Kier molecular flexibility index (Phi) is 3.13. The topological polar surface area (TPSA) is 74.3 Å². The summed E-state index contributed by atoms with van der Waals surface area (Å²) in [6.45, 7) is 2.53. The van der Waals surface area contributed by atoms with Crippen molar-refractivity contribution in [1.82, 2.24) is 14.6 Å². The number of amides is 1. The number of anilines is 1. The van der Waals surface area contributed by atoms with Crippen LogP contribution in [0.25, 0.3) is 16.1 Å².